The Morgan fingerprint density at radius 3 is 2.12 bits per heavy atom. The van der Waals surface area contributed by atoms with Gasteiger partial charge in [-0.1, -0.05) is 42.5 Å². The van der Waals surface area contributed by atoms with Crippen LogP contribution in [0, 0.1) is 0 Å². The van der Waals surface area contributed by atoms with E-state index in [4.69, 9.17) is 4.74 Å². The van der Waals surface area contributed by atoms with Crippen LogP contribution in [0.15, 0.2) is 54.6 Å². The lowest BCUT2D eigenvalue weighted by Gasteiger charge is -2.46. The molecule has 4 rings (SSSR count). The molecule has 32 heavy (non-hydrogen) atoms. The fraction of sp³-hybridized carbons (Fsp3) is 0.458. The van der Waals surface area contributed by atoms with Gasteiger partial charge in [0.1, 0.15) is 0 Å². The second-order valence-electron chi connectivity index (χ2n) is 8.90. The predicted molar refractivity (Wildman–Crippen MR) is 125 cm³/mol. The molecule has 0 unspecified atom stereocenters. The van der Waals surface area contributed by atoms with E-state index in [1.165, 1.54) is 0 Å². The molecule has 0 aliphatic carbocycles. The summed E-state index contributed by atoms with van der Waals surface area (Å²) in [5, 5.41) is 0. The van der Waals surface area contributed by atoms with Gasteiger partial charge in [0.2, 0.25) is 15.9 Å². The number of sulfonamides is 1. The molecule has 2 saturated heterocycles. The van der Waals surface area contributed by atoms with Crippen molar-refractivity contribution >= 4 is 21.6 Å². The normalized spacial score (nSPS) is 18.5. The van der Waals surface area contributed by atoms with Gasteiger partial charge in [0.15, 0.2) is 0 Å². The maximum Gasteiger partial charge on any atom is 0.219 e. The fourth-order valence-corrected chi connectivity index (χ4v) is 6.18. The molecule has 2 aliphatic rings. The molecule has 0 bridgehead atoms. The summed E-state index contributed by atoms with van der Waals surface area (Å²) in [5.41, 5.74) is 2.28. The molecular formula is C24H31N3O4S. The lowest BCUT2D eigenvalue weighted by Crippen LogP contribution is -2.61. The smallest absolute Gasteiger partial charge is 0.219 e. The first-order chi connectivity index (χ1) is 15.3. The first kappa shape index (κ1) is 22.8. The maximum atomic E-state index is 13.4. The topological polar surface area (TPSA) is 70.2 Å². The van der Waals surface area contributed by atoms with Crippen LogP contribution in [0.1, 0.15) is 25.0 Å². The van der Waals surface area contributed by atoms with Crippen LogP contribution in [0.5, 0.6) is 0 Å². The van der Waals surface area contributed by atoms with Crippen LogP contribution in [0.25, 0.3) is 0 Å². The van der Waals surface area contributed by atoms with Crippen LogP contribution < -0.4 is 4.90 Å². The van der Waals surface area contributed by atoms with Crippen LogP contribution >= 0.6 is 0 Å². The van der Waals surface area contributed by atoms with E-state index < -0.39 is 15.6 Å². The van der Waals surface area contributed by atoms with Crippen LogP contribution in [0.2, 0.25) is 0 Å². The van der Waals surface area contributed by atoms with E-state index in [1.54, 1.807) is 11.2 Å². The molecule has 2 aromatic carbocycles. The van der Waals surface area contributed by atoms with E-state index in [0.717, 1.165) is 43.0 Å². The van der Waals surface area contributed by atoms with Crippen LogP contribution in [0.3, 0.4) is 0 Å². The van der Waals surface area contributed by atoms with E-state index in [1.807, 2.05) is 66.4 Å². The largest absolute Gasteiger partial charge is 0.377 e. The van der Waals surface area contributed by atoms with Crippen molar-refractivity contribution < 1.29 is 17.9 Å². The highest BCUT2D eigenvalue weighted by Crippen LogP contribution is 2.31. The molecule has 0 aromatic heterocycles. The highest BCUT2D eigenvalue weighted by atomic mass is 32.2. The van der Waals surface area contributed by atoms with Gasteiger partial charge in [0.05, 0.1) is 24.5 Å². The Hall–Kier alpha value is -2.42. The van der Waals surface area contributed by atoms with Gasteiger partial charge in [-0.3, -0.25) is 4.79 Å². The van der Waals surface area contributed by atoms with Crippen LogP contribution in [-0.4, -0.2) is 68.5 Å². The predicted octanol–water partition coefficient (Wildman–Crippen LogP) is 2.48. The monoisotopic (exact) mass is 457 g/mol. The molecule has 2 fully saturated rings. The molecule has 2 aromatic rings. The Balaban J connectivity index is 1.48. The molecule has 0 atom stereocenters. The third-order valence-corrected chi connectivity index (χ3v) is 8.25. The summed E-state index contributed by atoms with van der Waals surface area (Å²) in [4.78, 5) is 15.7. The Kier molecular flexibility index (Phi) is 6.55. The van der Waals surface area contributed by atoms with Gasteiger partial charge in [-0.15, -0.1) is 0 Å². The van der Waals surface area contributed by atoms with E-state index in [-0.39, 0.29) is 11.7 Å². The molecule has 2 heterocycles. The summed E-state index contributed by atoms with van der Waals surface area (Å²) in [6, 6.07) is 17.4. The molecule has 0 saturated carbocycles. The zero-order valence-corrected chi connectivity index (χ0v) is 19.6. The van der Waals surface area contributed by atoms with Crippen LogP contribution in [0.4, 0.5) is 5.69 Å². The molecular weight excluding hydrogens is 426 g/mol. The quantitative estimate of drug-likeness (QED) is 0.639. The van der Waals surface area contributed by atoms with Crippen molar-refractivity contribution in [3.63, 3.8) is 0 Å². The number of carbonyl (C=O) groups excluding carboxylic acids is 1. The van der Waals surface area contributed by atoms with Gasteiger partial charge in [-0.05, 0) is 30.2 Å². The second-order valence-corrected chi connectivity index (χ2v) is 10.8. The Morgan fingerprint density at radius 2 is 1.59 bits per heavy atom. The van der Waals surface area contributed by atoms with Gasteiger partial charge in [-0.2, -0.15) is 4.31 Å². The first-order valence-corrected chi connectivity index (χ1v) is 12.6. The standard InChI is InChI=1S/C24H31N3O4S/c1-20(28)25-12-14-26(15-13-25)23-10-8-21(9-11-23)16-27(24(2)18-31-19-24)32(29,30)17-22-6-4-3-5-7-22/h3-11H,12-19H2,1-2H3. The minimum Gasteiger partial charge on any atom is -0.377 e. The first-order valence-electron chi connectivity index (χ1n) is 11.0. The number of ether oxygens (including phenoxy) is 1. The molecule has 8 heteroatoms. The van der Waals surface area contributed by atoms with Gasteiger partial charge >= 0.3 is 0 Å². The van der Waals surface area contributed by atoms with Gasteiger partial charge in [0.25, 0.3) is 0 Å². The summed E-state index contributed by atoms with van der Waals surface area (Å²) in [6.45, 7) is 7.71. The summed E-state index contributed by atoms with van der Waals surface area (Å²) in [7, 11) is -3.53. The summed E-state index contributed by atoms with van der Waals surface area (Å²) < 4.78 is 33.7. The molecule has 0 N–H and O–H groups in total. The van der Waals surface area contributed by atoms with Crippen molar-refractivity contribution in [2.75, 3.05) is 44.3 Å². The number of hydrogen-bond donors (Lipinski definition) is 0. The SMILES string of the molecule is CC(=O)N1CCN(c2ccc(CN(C3(C)COC3)S(=O)(=O)Cc3ccccc3)cc2)CC1. The van der Waals surface area contributed by atoms with Gasteiger partial charge in [0, 0.05) is 45.3 Å². The average Bonchev–Trinajstić information content (AvgIpc) is 2.77. The third kappa shape index (κ3) is 4.98. The highest BCUT2D eigenvalue weighted by molar-refractivity contribution is 7.88. The van der Waals surface area contributed by atoms with Gasteiger partial charge < -0.3 is 14.5 Å². The number of carbonyl (C=O) groups is 1. The zero-order chi connectivity index (χ0) is 22.8. The van der Waals surface area contributed by atoms with E-state index in [0.29, 0.717) is 19.8 Å². The van der Waals surface area contributed by atoms with Crippen molar-refractivity contribution in [1.82, 2.24) is 9.21 Å². The molecule has 172 valence electrons. The lowest BCUT2D eigenvalue weighted by atomic mass is 10.00. The van der Waals surface area contributed by atoms with Crippen molar-refractivity contribution in [3.8, 4) is 0 Å². The van der Waals surface area contributed by atoms with E-state index in [2.05, 4.69) is 4.90 Å². The maximum absolute atomic E-state index is 13.4. The number of benzene rings is 2. The number of piperazine rings is 1. The van der Waals surface area contributed by atoms with Crippen molar-refractivity contribution in [2.24, 2.45) is 0 Å². The summed E-state index contributed by atoms with van der Waals surface area (Å²) in [6.07, 6.45) is 0. The molecule has 1 amide bonds. The number of nitrogens with zero attached hydrogens (tertiary/aromatic N) is 3. The van der Waals surface area contributed by atoms with E-state index in [9.17, 15) is 13.2 Å². The van der Waals surface area contributed by atoms with Crippen LogP contribution in [-0.2, 0) is 31.9 Å². The zero-order valence-electron chi connectivity index (χ0n) is 18.7. The minimum absolute atomic E-state index is 0.0259. The Morgan fingerprint density at radius 1 is 0.969 bits per heavy atom. The summed E-state index contributed by atoms with van der Waals surface area (Å²) in [5.74, 6) is 0.0901. The van der Waals surface area contributed by atoms with Crippen molar-refractivity contribution in [1.29, 1.82) is 0 Å². The van der Waals surface area contributed by atoms with Crippen molar-refractivity contribution in [3.05, 3.63) is 65.7 Å². The summed E-state index contributed by atoms with van der Waals surface area (Å²) >= 11 is 0. The average molecular weight is 458 g/mol. The molecule has 0 spiro atoms. The lowest BCUT2D eigenvalue weighted by molar-refractivity contribution is -0.129. The van der Waals surface area contributed by atoms with Crippen molar-refractivity contribution in [2.45, 2.75) is 31.7 Å². The Bertz CT molecular complexity index is 1030. The second kappa shape index (κ2) is 9.21. The number of anilines is 1. The number of hydrogen-bond acceptors (Lipinski definition) is 5. The van der Waals surface area contributed by atoms with E-state index >= 15 is 0 Å². The van der Waals surface area contributed by atoms with Gasteiger partial charge in [-0.25, -0.2) is 8.42 Å². The fourth-order valence-electron chi connectivity index (χ4n) is 4.29. The number of rotatable bonds is 7. The number of amides is 1. The molecule has 7 nitrogen and oxygen atoms in total. The highest BCUT2D eigenvalue weighted by Gasteiger charge is 2.45. The molecule has 2 aliphatic heterocycles. The third-order valence-electron chi connectivity index (χ3n) is 6.31. The molecule has 0 radical (unpaired) electrons. The minimum atomic E-state index is -3.53. The Labute approximate surface area is 190 Å².